The Morgan fingerprint density at radius 3 is 2.62 bits per heavy atom. The second-order valence-corrected chi connectivity index (χ2v) is 3.03. The van der Waals surface area contributed by atoms with Crippen molar-refractivity contribution in [3.63, 3.8) is 0 Å². The highest BCUT2D eigenvalue weighted by Gasteiger charge is 2.01. The number of aliphatic hydroxyl groups excluding tert-OH is 1. The summed E-state index contributed by atoms with van der Waals surface area (Å²) >= 11 is 5.87. The number of nitrogens with zero attached hydrogens (tertiary/aromatic N) is 1. The Kier molecular flexibility index (Phi) is 3.93. The van der Waals surface area contributed by atoms with Crippen molar-refractivity contribution >= 4 is 16.8 Å². The van der Waals surface area contributed by atoms with Crippen molar-refractivity contribution in [3.8, 4) is 0 Å². The molecule has 3 heteroatoms. The van der Waals surface area contributed by atoms with E-state index in [1.165, 1.54) is 0 Å². The molecule has 0 bridgehead atoms. The molecule has 0 aliphatic heterocycles. The number of benzene rings is 1. The minimum Gasteiger partial charge on any atom is -0.372 e. The van der Waals surface area contributed by atoms with Crippen molar-refractivity contribution in [3.05, 3.63) is 35.9 Å². The maximum absolute atomic E-state index is 9.22. The summed E-state index contributed by atoms with van der Waals surface area (Å²) in [5.74, 6) is 0. The van der Waals surface area contributed by atoms with Gasteiger partial charge in [-0.05, 0) is 6.42 Å². The molecule has 0 aliphatic rings. The lowest BCUT2D eigenvalue weighted by molar-refractivity contribution is 0.181. The first-order chi connectivity index (χ1) is 6.24. The Hall–Kier alpha value is -0.860. The molecular formula is C10H12ClNO. The van der Waals surface area contributed by atoms with E-state index in [1.54, 1.807) is 0 Å². The Balaban J connectivity index is 2.79. The van der Waals surface area contributed by atoms with Gasteiger partial charge >= 0.3 is 0 Å². The lowest BCUT2D eigenvalue weighted by atomic mass is 10.2. The molecular weight excluding hydrogens is 186 g/mol. The van der Waals surface area contributed by atoms with Crippen molar-refractivity contribution in [2.24, 2.45) is 4.99 Å². The fraction of sp³-hybridized carbons (Fsp3) is 0.300. The van der Waals surface area contributed by atoms with E-state index in [4.69, 9.17) is 11.6 Å². The van der Waals surface area contributed by atoms with E-state index in [9.17, 15) is 5.11 Å². The van der Waals surface area contributed by atoms with Gasteiger partial charge in [-0.1, -0.05) is 48.9 Å². The number of hydrogen-bond donors (Lipinski definition) is 1. The summed E-state index contributed by atoms with van der Waals surface area (Å²) in [6, 6.07) is 9.38. The van der Waals surface area contributed by atoms with Crippen LogP contribution in [0.4, 0.5) is 0 Å². The van der Waals surface area contributed by atoms with Gasteiger partial charge in [-0.2, -0.15) is 0 Å². The van der Waals surface area contributed by atoms with Crippen LogP contribution in [0.2, 0.25) is 0 Å². The lowest BCUT2D eigenvalue weighted by Gasteiger charge is -2.02. The van der Waals surface area contributed by atoms with E-state index in [0.717, 1.165) is 5.56 Å². The van der Waals surface area contributed by atoms with E-state index in [2.05, 4.69) is 4.99 Å². The van der Waals surface area contributed by atoms with Crippen LogP contribution in [0.15, 0.2) is 35.3 Å². The van der Waals surface area contributed by atoms with E-state index < -0.39 is 6.23 Å². The van der Waals surface area contributed by atoms with Crippen LogP contribution in [0.5, 0.6) is 0 Å². The number of aliphatic hydroxyl groups is 1. The van der Waals surface area contributed by atoms with E-state index in [-0.39, 0.29) is 0 Å². The Morgan fingerprint density at radius 2 is 2.08 bits per heavy atom. The van der Waals surface area contributed by atoms with Gasteiger partial charge in [0, 0.05) is 5.56 Å². The Labute approximate surface area is 82.9 Å². The fourth-order valence-electron chi connectivity index (χ4n) is 0.872. The molecule has 2 nitrogen and oxygen atoms in total. The highest BCUT2D eigenvalue weighted by molar-refractivity contribution is 6.69. The normalized spacial score (nSPS) is 14.2. The van der Waals surface area contributed by atoms with Crippen LogP contribution in [0.3, 0.4) is 0 Å². The monoisotopic (exact) mass is 197 g/mol. The van der Waals surface area contributed by atoms with Crippen LogP contribution in [0.25, 0.3) is 0 Å². The van der Waals surface area contributed by atoms with Gasteiger partial charge in [0.2, 0.25) is 0 Å². The van der Waals surface area contributed by atoms with Crippen molar-refractivity contribution in [2.75, 3.05) is 0 Å². The smallest absolute Gasteiger partial charge is 0.146 e. The van der Waals surface area contributed by atoms with Gasteiger partial charge in [0.25, 0.3) is 0 Å². The molecule has 1 unspecified atom stereocenters. The summed E-state index contributed by atoms with van der Waals surface area (Å²) in [5.41, 5.74) is 0.830. The number of rotatable bonds is 3. The van der Waals surface area contributed by atoms with Gasteiger partial charge in [0.15, 0.2) is 0 Å². The summed E-state index contributed by atoms with van der Waals surface area (Å²) < 4.78 is 0. The molecule has 0 spiro atoms. The Bertz CT molecular complexity index is 284. The first-order valence-corrected chi connectivity index (χ1v) is 4.58. The molecule has 1 N–H and O–H groups in total. The van der Waals surface area contributed by atoms with Crippen LogP contribution >= 0.6 is 11.6 Å². The Morgan fingerprint density at radius 1 is 1.46 bits per heavy atom. The molecule has 0 aliphatic carbocycles. The molecule has 0 aromatic heterocycles. The molecule has 1 aromatic rings. The SMILES string of the molecule is CCC(O)N=C(Cl)c1ccccc1. The third kappa shape index (κ3) is 3.17. The average molecular weight is 198 g/mol. The zero-order valence-corrected chi connectivity index (χ0v) is 8.20. The largest absolute Gasteiger partial charge is 0.372 e. The molecule has 70 valence electrons. The predicted octanol–water partition coefficient (Wildman–Crippen LogP) is 2.40. The highest BCUT2D eigenvalue weighted by atomic mass is 35.5. The quantitative estimate of drug-likeness (QED) is 0.742. The molecule has 0 saturated carbocycles. The molecule has 0 heterocycles. The van der Waals surface area contributed by atoms with Crippen molar-refractivity contribution in [2.45, 2.75) is 19.6 Å². The standard InChI is InChI=1S/C10H12ClNO/c1-2-9(13)12-10(11)8-6-4-3-5-7-8/h3-7,9,13H,2H2,1H3. The topological polar surface area (TPSA) is 32.6 Å². The molecule has 1 aromatic carbocycles. The maximum atomic E-state index is 9.22. The lowest BCUT2D eigenvalue weighted by Crippen LogP contribution is -2.03. The number of hydrogen-bond acceptors (Lipinski definition) is 2. The van der Waals surface area contributed by atoms with Crippen LogP contribution in [0.1, 0.15) is 18.9 Å². The van der Waals surface area contributed by atoms with E-state index in [1.807, 2.05) is 37.3 Å². The molecule has 13 heavy (non-hydrogen) atoms. The first-order valence-electron chi connectivity index (χ1n) is 4.21. The van der Waals surface area contributed by atoms with Crippen molar-refractivity contribution < 1.29 is 5.11 Å². The second-order valence-electron chi connectivity index (χ2n) is 2.67. The summed E-state index contributed by atoms with van der Waals surface area (Å²) in [5, 5.41) is 9.57. The maximum Gasteiger partial charge on any atom is 0.146 e. The molecule has 0 radical (unpaired) electrons. The zero-order chi connectivity index (χ0) is 9.68. The average Bonchev–Trinajstić information content (AvgIpc) is 2.19. The fourth-order valence-corrected chi connectivity index (χ4v) is 1.11. The predicted molar refractivity (Wildman–Crippen MR) is 55.1 cm³/mol. The number of halogens is 1. The third-order valence-corrected chi connectivity index (χ3v) is 1.96. The van der Waals surface area contributed by atoms with Gasteiger partial charge in [-0.3, -0.25) is 0 Å². The van der Waals surface area contributed by atoms with Crippen molar-refractivity contribution in [1.82, 2.24) is 0 Å². The molecule has 0 saturated heterocycles. The van der Waals surface area contributed by atoms with Crippen LogP contribution < -0.4 is 0 Å². The summed E-state index contributed by atoms with van der Waals surface area (Å²) in [7, 11) is 0. The number of aliphatic imine (C=N–C) groups is 1. The van der Waals surface area contributed by atoms with Crippen LogP contribution in [0, 0.1) is 0 Å². The molecule has 0 fully saturated rings. The highest BCUT2D eigenvalue weighted by Crippen LogP contribution is 2.06. The minimum absolute atomic E-state index is 0.356. The van der Waals surface area contributed by atoms with Crippen LogP contribution in [-0.4, -0.2) is 16.5 Å². The summed E-state index contributed by atoms with van der Waals surface area (Å²) in [6.07, 6.45) is -0.129. The van der Waals surface area contributed by atoms with Gasteiger partial charge in [-0.25, -0.2) is 4.99 Å². The van der Waals surface area contributed by atoms with Crippen LogP contribution in [-0.2, 0) is 0 Å². The van der Waals surface area contributed by atoms with Crippen molar-refractivity contribution in [1.29, 1.82) is 0 Å². The van der Waals surface area contributed by atoms with Gasteiger partial charge in [-0.15, -0.1) is 0 Å². The van der Waals surface area contributed by atoms with E-state index >= 15 is 0 Å². The second kappa shape index (κ2) is 5.00. The molecule has 0 amide bonds. The molecule has 1 atom stereocenters. The summed E-state index contributed by atoms with van der Waals surface area (Å²) in [6.45, 7) is 1.85. The first kappa shape index (κ1) is 10.2. The summed E-state index contributed by atoms with van der Waals surface area (Å²) in [4.78, 5) is 3.90. The van der Waals surface area contributed by atoms with Gasteiger partial charge in [0.1, 0.15) is 11.4 Å². The van der Waals surface area contributed by atoms with Gasteiger partial charge < -0.3 is 5.11 Å². The van der Waals surface area contributed by atoms with Gasteiger partial charge in [0.05, 0.1) is 0 Å². The third-order valence-electron chi connectivity index (χ3n) is 1.64. The molecule has 1 rings (SSSR count). The zero-order valence-electron chi connectivity index (χ0n) is 7.44. The minimum atomic E-state index is -0.701. The van der Waals surface area contributed by atoms with E-state index in [0.29, 0.717) is 11.6 Å².